The van der Waals surface area contributed by atoms with Gasteiger partial charge in [0.25, 0.3) is 5.91 Å². The van der Waals surface area contributed by atoms with Crippen LogP contribution in [-0.2, 0) is 7.05 Å². The van der Waals surface area contributed by atoms with Gasteiger partial charge in [0.2, 0.25) is 5.56 Å². The van der Waals surface area contributed by atoms with E-state index in [1.165, 1.54) is 22.8 Å². The zero-order valence-electron chi connectivity index (χ0n) is 18.0. The molecule has 2 aromatic carbocycles. The summed E-state index contributed by atoms with van der Waals surface area (Å²) >= 11 is 6.47. The Hall–Kier alpha value is -3.45. The topological polar surface area (TPSA) is 83.7 Å². The van der Waals surface area contributed by atoms with Gasteiger partial charge in [-0.3, -0.25) is 9.59 Å². The molecular formula is C25H23ClFN3O3. The van der Waals surface area contributed by atoms with Gasteiger partial charge in [0.1, 0.15) is 5.82 Å². The van der Waals surface area contributed by atoms with Crippen LogP contribution in [0.4, 0.5) is 4.39 Å². The predicted octanol–water partition coefficient (Wildman–Crippen LogP) is 4.47. The Bertz CT molecular complexity index is 1280. The highest BCUT2D eigenvalue weighted by molar-refractivity contribution is 6.31. The normalized spacial score (nSPS) is 14.7. The Labute approximate surface area is 195 Å². The van der Waals surface area contributed by atoms with Gasteiger partial charge >= 0.3 is 0 Å². The summed E-state index contributed by atoms with van der Waals surface area (Å²) in [5.74, 6) is -1.53. The van der Waals surface area contributed by atoms with E-state index in [4.69, 9.17) is 11.6 Å². The summed E-state index contributed by atoms with van der Waals surface area (Å²) in [5.41, 5.74) is 1.96. The Morgan fingerprint density at radius 1 is 1.24 bits per heavy atom. The van der Waals surface area contributed by atoms with Crippen LogP contribution in [0.5, 0.6) is 0 Å². The van der Waals surface area contributed by atoms with E-state index in [9.17, 15) is 19.2 Å². The predicted molar refractivity (Wildman–Crippen MR) is 125 cm³/mol. The zero-order chi connectivity index (χ0) is 23.5. The molecule has 33 heavy (non-hydrogen) atoms. The molecule has 0 bridgehead atoms. The molecule has 6 nitrogen and oxygen atoms in total. The van der Waals surface area contributed by atoms with Gasteiger partial charge in [-0.1, -0.05) is 41.0 Å². The van der Waals surface area contributed by atoms with Crippen LogP contribution in [0, 0.1) is 5.82 Å². The Balaban J connectivity index is 1.71. The molecule has 1 fully saturated rings. The Morgan fingerprint density at radius 2 is 2.00 bits per heavy atom. The molecule has 0 aliphatic heterocycles. The molecule has 170 valence electrons. The molecule has 1 saturated carbocycles. The maximum Gasteiger partial charge on any atom is 0.254 e. The van der Waals surface area contributed by atoms with E-state index in [1.807, 2.05) is 12.1 Å². The second kappa shape index (κ2) is 9.58. The van der Waals surface area contributed by atoms with Crippen molar-refractivity contribution in [3.8, 4) is 0 Å². The fourth-order valence-electron chi connectivity index (χ4n) is 3.76. The van der Waals surface area contributed by atoms with Crippen molar-refractivity contribution in [2.75, 3.05) is 0 Å². The number of hydrogen-bond acceptors (Lipinski definition) is 4. The minimum atomic E-state index is -0.632. The van der Waals surface area contributed by atoms with Crippen molar-refractivity contribution in [3.05, 3.63) is 104 Å². The van der Waals surface area contributed by atoms with Crippen LogP contribution in [0.25, 0.3) is 0 Å². The summed E-state index contributed by atoms with van der Waals surface area (Å²) in [6.45, 7) is 0. The van der Waals surface area contributed by atoms with Crippen molar-refractivity contribution in [3.63, 3.8) is 0 Å². The quantitative estimate of drug-likeness (QED) is 0.305. The summed E-state index contributed by atoms with van der Waals surface area (Å²) in [6, 6.07) is 14.7. The van der Waals surface area contributed by atoms with Crippen LogP contribution in [0.2, 0.25) is 5.02 Å². The van der Waals surface area contributed by atoms with Crippen molar-refractivity contribution in [2.24, 2.45) is 12.2 Å². The fourth-order valence-corrected chi connectivity index (χ4v) is 4.03. The maximum absolute atomic E-state index is 15.0. The van der Waals surface area contributed by atoms with E-state index in [0.717, 1.165) is 18.4 Å². The average Bonchev–Trinajstić information content (AvgIpc) is 3.61. The van der Waals surface area contributed by atoms with Gasteiger partial charge in [-0.05, 0) is 48.2 Å². The standard InChI is InChI=1S/C25H23ClFN3O3/c1-30-14-16(7-11-24(30)31)23(29-33)13-20(18-4-2-3-5-21(18)26)15-6-10-19(22(27)12-15)25(32)28-17-8-9-17/h2-7,10-12,14,17,20,33H,8-9,13H2,1H3,(H,28,32)/b29-23+. The number of aromatic nitrogens is 1. The molecule has 1 aliphatic rings. The number of amides is 1. The first-order valence-electron chi connectivity index (χ1n) is 10.6. The molecule has 1 heterocycles. The molecular weight excluding hydrogens is 445 g/mol. The number of carbonyl (C=O) groups is 1. The summed E-state index contributed by atoms with van der Waals surface area (Å²) in [5, 5.41) is 16.5. The highest BCUT2D eigenvalue weighted by atomic mass is 35.5. The number of nitrogens with zero attached hydrogens (tertiary/aromatic N) is 2. The van der Waals surface area contributed by atoms with Crippen LogP contribution in [-0.4, -0.2) is 27.4 Å². The zero-order valence-corrected chi connectivity index (χ0v) is 18.7. The lowest BCUT2D eigenvalue weighted by Gasteiger charge is -2.21. The molecule has 0 saturated heterocycles. The molecule has 0 radical (unpaired) electrons. The van der Waals surface area contributed by atoms with Gasteiger partial charge < -0.3 is 15.1 Å². The number of aryl methyl sites for hydroxylation is 1. The third-order valence-electron chi connectivity index (χ3n) is 5.77. The molecule has 0 spiro atoms. The molecule has 3 aromatic rings. The summed E-state index contributed by atoms with van der Waals surface area (Å²) < 4.78 is 16.4. The largest absolute Gasteiger partial charge is 0.411 e. The Morgan fingerprint density at radius 3 is 2.64 bits per heavy atom. The molecule has 4 rings (SSSR count). The first kappa shape index (κ1) is 22.7. The number of oxime groups is 1. The lowest BCUT2D eigenvalue weighted by molar-refractivity contribution is 0.0947. The average molecular weight is 468 g/mol. The molecule has 1 amide bonds. The van der Waals surface area contributed by atoms with Gasteiger partial charge in [0.15, 0.2) is 0 Å². The van der Waals surface area contributed by atoms with Gasteiger partial charge in [-0.15, -0.1) is 0 Å². The van der Waals surface area contributed by atoms with E-state index in [2.05, 4.69) is 10.5 Å². The molecule has 1 atom stereocenters. The van der Waals surface area contributed by atoms with E-state index in [1.54, 1.807) is 37.5 Å². The summed E-state index contributed by atoms with van der Waals surface area (Å²) in [6.07, 6.45) is 3.58. The summed E-state index contributed by atoms with van der Waals surface area (Å²) in [7, 11) is 1.60. The van der Waals surface area contributed by atoms with Crippen molar-refractivity contribution < 1.29 is 14.4 Å². The smallest absolute Gasteiger partial charge is 0.254 e. The highest BCUT2D eigenvalue weighted by Crippen LogP contribution is 2.35. The third-order valence-corrected chi connectivity index (χ3v) is 6.11. The third kappa shape index (κ3) is 5.14. The van der Waals surface area contributed by atoms with Crippen LogP contribution in [0.3, 0.4) is 0 Å². The highest BCUT2D eigenvalue weighted by Gasteiger charge is 2.26. The molecule has 1 aromatic heterocycles. The molecule has 1 aliphatic carbocycles. The number of hydrogen-bond donors (Lipinski definition) is 2. The minimum Gasteiger partial charge on any atom is -0.411 e. The number of pyridine rings is 1. The van der Waals surface area contributed by atoms with Gasteiger partial charge in [-0.25, -0.2) is 4.39 Å². The second-order valence-corrected chi connectivity index (χ2v) is 8.59. The first-order chi connectivity index (χ1) is 15.9. The molecule has 8 heteroatoms. The van der Waals surface area contributed by atoms with E-state index in [0.29, 0.717) is 21.9 Å². The Kier molecular flexibility index (Phi) is 6.60. The van der Waals surface area contributed by atoms with Crippen molar-refractivity contribution >= 4 is 23.2 Å². The summed E-state index contributed by atoms with van der Waals surface area (Å²) in [4.78, 5) is 24.1. The van der Waals surface area contributed by atoms with Gasteiger partial charge in [0.05, 0.1) is 11.3 Å². The number of nitrogens with one attached hydrogen (secondary N) is 1. The lowest BCUT2D eigenvalue weighted by Crippen LogP contribution is -2.26. The fraction of sp³-hybridized carbons (Fsp3) is 0.240. The molecule has 2 N–H and O–H groups in total. The minimum absolute atomic E-state index is 0.0160. The van der Waals surface area contributed by atoms with Crippen LogP contribution < -0.4 is 10.9 Å². The van der Waals surface area contributed by atoms with Crippen molar-refractivity contribution in [2.45, 2.75) is 31.2 Å². The number of carbonyl (C=O) groups excluding carboxylic acids is 1. The first-order valence-corrected chi connectivity index (χ1v) is 11.0. The SMILES string of the molecule is Cn1cc(/C(CC(c2ccc(C(=O)NC3CC3)c(F)c2)c2ccccc2Cl)=N/O)ccc1=O. The van der Waals surface area contributed by atoms with Gasteiger partial charge in [-0.2, -0.15) is 0 Å². The van der Waals surface area contributed by atoms with Gasteiger partial charge in [0, 0.05) is 48.3 Å². The lowest BCUT2D eigenvalue weighted by atomic mass is 9.85. The monoisotopic (exact) mass is 467 g/mol. The second-order valence-electron chi connectivity index (χ2n) is 8.18. The number of benzene rings is 2. The van der Waals surface area contributed by atoms with Crippen molar-refractivity contribution in [1.29, 1.82) is 0 Å². The molecule has 1 unspecified atom stereocenters. The van der Waals surface area contributed by atoms with E-state index in [-0.39, 0.29) is 23.6 Å². The van der Waals surface area contributed by atoms with Crippen LogP contribution >= 0.6 is 11.6 Å². The van der Waals surface area contributed by atoms with Crippen LogP contribution in [0.15, 0.2) is 70.7 Å². The van der Waals surface area contributed by atoms with E-state index < -0.39 is 17.6 Å². The van der Waals surface area contributed by atoms with Crippen molar-refractivity contribution in [1.82, 2.24) is 9.88 Å². The van der Waals surface area contributed by atoms with E-state index >= 15 is 0 Å². The van der Waals surface area contributed by atoms with Crippen LogP contribution in [0.1, 0.15) is 52.2 Å². The number of rotatable bonds is 7. The number of halogens is 2. The maximum atomic E-state index is 15.0.